The maximum atomic E-state index is 13.2. The van der Waals surface area contributed by atoms with E-state index < -0.39 is 0 Å². The quantitative estimate of drug-likeness (QED) is 0.559. The van der Waals surface area contributed by atoms with E-state index in [9.17, 15) is 9.59 Å². The standard InChI is InChI=1S/C28H40N4O2S/c1-20(26(33)29-16-19-31(3)24-12-8-5-9-13-24)22-14-17-32(18-15-22)28(34)25-21(2)30-27(35-25)23-10-6-4-7-11-23/h4,6-7,10-11,20,22,24H,5,8-9,12-19H2,1-3H3,(H,29,33). The Kier molecular flexibility index (Phi) is 8.95. The molecule has 1 saturated heterocycles. The number of carbonyl (C=O) groups excluding carboxylic acids is 2. The number of hydrogen-bond donors (Lipinski definition) is 1. The van der Waals surface area contributed by atoms with Crippen LogP contribution in [0, 0.1) is 18.8 Å². The lowest BCUT2D eigenvalue weighted by molar-refractivity contribution is -0.126. The van der Waals surface area contributed by atoms with Gasteiger partial charge in [-0.3, -0.25) is 9.59 Å². The van der Waals surface area contributed by atoms with E-state index in [-0.39, 0.29) is 17.7 Å². The highest BCUT2D eigenvalue weighted by Gasteiger charge is 2.31. The van der Waals surface area contributed by atoms with Crippen molar-refractivity contribution < 1.29 is 9.59 Å². The number of aromatic nitrogens is 1. The number of piperidine rings is 1. The van der Waals surface area contributed by atoms with Crippen LogP contribution in [0.3, 0.4) is 0 Å². The third-order valence-electron chi connectivity index (χ3n) is 7.92. The highest BCUT2D eigenvalue weighted by atomic mass is 32.1. The molecule has 2 fully saturated rings. The molecule has 0 spiro atoms. The van der Waals surface area contributed by atoms with Gasteiger partial charge in [-0.05, 0) is 45.6 Å². The Morgan fingerprint density at radius 3 is 2.49 bits per heavy atom. The first-order chi connectivity index (χ1) is 16.9. The van der Waals surface area contributed by atoms with Crippen molar-refractivity contribution in [3.8, 4) is 10.6 Å². The number of benzene rings is 1. The first-order valence-corrected chi connectivity index (χ1v) is 14.1. The molecule has 7 heteroatoms. The van der Waals surface area contributed by atoms with Crippen molar-refractivity contribution in [2.75, 3.05) is 33.2 Å². The molecule has 1 N–H and O–H groups in total. The van der Waals surface area contributed by atoms with Crippen LogP contribution in [0.25, 0.3) is 10.6 Å². The number of aryl methyl sites for hydroxylation is 1. The number of likely N-dealkylation sites (tertiary alicyclic amines) is 1. The molecule has 4 rings (SSSR count). The predicted octanol–water partition coefficient (Wildman–Crippen LogP) is 4.99. The molecule has 1 saturated carbocycles. The zero-order valence-electron chi connectivity index (χ0n) is 21.5. The van der Waals surface area contributed by atoms with Gasteiger partial charge in [0.1, 0.15) is 9.88 Å². The topological polar surface area (TPSA) is 65.5 Å². The highest BCUT2D eigenvalue weighted by Crippen LogP contribution is 2.31. The van der Waals surface area contributed by atoms with Crippen LogP contribution in [0.2, 0.25) is 0 Å². The zero-order valence-corrected chi connectivity index (χ0v) is 22.3. The number of nitrogens with one attached hydrogen (secondary N) is 1. The molecular formula is C28H40N4O2S. The first kappa shape index (κ1) is 25.8. The number of likely N-dealkylation sites (N-methyl/N-ethyl adjacent to an activating group) is 1. The Bertz CT molecular complexity index is 978. The Morgan fingerprint density at radius 1 is 1.11 bits per heavy atom. The third-order valence-corrected chi connectivity index (χ3v) is 9.12. The third kappa shape index (κ3) is 6.50. The minimum absolute atomic E-state index is 0.0259. The van der Waals surface area contributed by atoms with Crippen molar-refractivity contribution in [3.05, 3.63) is 40.9 Å². The molecule has 1 aliphatic heterocycles. The van der Waals surface area contributed by atoms with Crippen molar-refractivity contribution in [1.82, 2.24) is 20.1 Å². The second kappa shape index (κ2) is 12.1. The second-order valence-electron chi connectivity index (χ2n) is 10.3. The molecule has 1 unspecified atom stereocenters. The maximum Gasteiger partial charge on any atom is 0.265 e. The van der Waals surface area contributed by atoms with Crippen LogP contribution in [0.5, 0.6) is 0 Å². The molecule has 1 aromatic heterocycles. The number of rotatable bonds is 8. The number of hydrogen-bond acceptors (Lipinski definition) is 5. The van der Waals surface area contributed by atoms with Crippen LogP contribution >= 0.6 is 11.3 Å². The predicted molar refractivity (Wildman–Crippen MR) is 143 cm³/mol. The van der Waals surface area contributed by atoms with E-state index in [2.05, 4.69) is 22.2 Å². The van der Waals surface area contributed by atoms with Gasteiger partial charge < -0.3 is 15.1 Å². The largest absolute Gasteiger partial charge is 0.355 e. The highest BCUT2D eigenvalue weighted by molar-refractivity contribution is 7.17. The molecule has 1 atom stereocenters. The van der Waals surface area contributed by atoms with Crippen molar-refractivity contribution >= 4 is 23.2 Å². The Morgan fingerprint density at radius 2 is 1.80 bits per heavy atom. The molecule has 0 bridgehead atoms. The summed E-state index contributed by atoms with van der Waals surface area (Å²) < 4.78 is 0. The lowest BCUT2D eigenvalue weighted by Crippen LogP contribution is -2.44. The normalized spacial score (nSPS) is 18.6. The molecule has 1 aromatic carbocycles. The van der Waals surface area contributed by atoms with Gasteiger partial charge >= 0.3 is 0 Å². The van der Waals surface area contributed by atoms with Crippen molar-refractivity contribution in [2.45, 2.75) is 64.8 Å². The molecule has 190 valence electrons. The SMILES string of the molecule is Cc1nc(-c2ccccc2)sc1C(=O)N1CCC(C(C)C(=O)NCCN(C)C2CCCCC2)CC1. The molecule has 2 amide bonds. The van der Waals surface area contributed by atoms with Crippen molar-refractivity contribution in [1.29, 1.82) is 0 Å². The summed E-state index contributed by atoms with van der Waals surface area (Å²) in [5, 5.41) is 4.06. The van der Waals surface area contributed by atoms with Gasteiger partial charge in [0.05, 0.1) is 5.69 Å². The fraction of sp³-hybridized carbons (Fsp3) is 0.607. The average molecular weight is 497 g/mol. The van der Waals surface area contributed by atoms with Gasteiger partial charge in [-0.25, -0.2) is 4.98 Å². The number of amides is 2. The summed E-state index contributed by atoms with van der Waals surface area (Å²) in [4.78, 5) is 35.8. The van der Waals surface area contributed by atoms with Crippen LogP contribution in [0.1, 0.15) is 67.2 Å². The maximum absolute atomic E-state index is 13.2. The van der Waals surface area contributed by atoms with Crippen LogP contribution in [0.15, 0.2) is 30.3 Å². The summed E-state index contributed by atoms with van der Waals surface area (Å²) in [5.41, 5.74) is 1.84. The van der Waals surface area contributed by atoms with Crippen LogP contribution < -0.4 is 5.32 Å². The number of carbonyl (C=O) groups is 2. The fourth-order valence-electron chi connectivity index (χ4n) is 5.48. The molecule has 2 aliphatic rings. The van der Waals surface area contributed by atoms with E-state index >= 15 is 0 Å². The smallest absolute Gasteiger partial charge is 0.265 e. The monoisotopic (exact) mass is 496 g/mol. The molecular weight excluding hydrogens is 456 g/mol. The van der Waals surface area contributed by atoms with Crippen LogP contribution in [-0.4, -0.2) is 65.9 Å². The lowest BCUT2D eigenvalue weighted by Gasteiger charge is -2.34. The van der Waals surface area contributed by atoms with E-state index in [1.807, 2.05) is 49.1 Å². The average Bonchev–Trinajstić information content (AvgIpc) is 3.30. The summed E-state index contributed by atoms with van der Waals surface area (Å²) in [6.07, 6.45) is 8.32. The van der Waals surface area contributed by atoms with Crippen LogP contribution in [0.4, 0.5) is 0 Å². The minimum Gasteiger partial charge on any atom is -0.355 e. The Hall–Kier alpha value is -2.25. The van der Waals surface area contributed by atoms with Crippen LogP contribution in [-0.2, 0) is 4.79 Å². The molecule has 1 aliphatic carbocycles. The number of nitrogens with zero attached hydrogens (tertiary/aromatic N) is 3. The van der Waals surface area contributed by atoms with Crippen molar-refractivity contribution in [3.63, 3.8) is 0 Å². The van der Waals surface area contributed by atoms with Gasteiger partial charge in [0.25, 0.3) is 5.91 Å². The summed E-state index contributed by atoms with van der Waals surface area (Å²) in [6.45, 7) is 6.98. The molecule has 0 radical (unpaired) electrons. The van der Waals surface area contributed by atoms with E-state index in [0.29, 0.717) is 31.6 Å². The molecule has 2 aromatic rings. The van der Waals surface area contributed by atoms with E-state index in [1.54, 1.807) is 0 Å². The first-order valence-electron chi connectivity index (χ1n) is 13.2. The van der Waals surface area contributed by atoms with E-state index in [1.165, 1.54) is 43.4 Å². The summed E-state index contributed by atoms with van der Waals surface area (Å²) in [5.74, 6) is 0.515. The molecule has 2 heterocycles. The van der Waals surface area contributed by atoms with Gasteiger partial charge in [0, 0.05) is 43.7 Å². The van der Waals surface area contributed by atoms with Gasteiger partial charge in [0.15, 0.2) is 0 Å². The lowest BCUT2D eigenvalue weighted by atomic mass is 9.85. The Labute approximate surface area is 214 Å². The molecule has 35 heavy (non-hydrogen) atoms. The molecule has 6 nitrogen and oxygen atoms in total. The van der Waals surface area contributed by atoms with Gasteiger partial charge in [-0.1, -0.05) is 56.5 Å². The Balaban J connectivity index is 1.23. The summed E-state index contributed by atoms with van der Waals surface area (Å²) >= 11 is 1.48. The zero-order chi connectivity index (χ0) is 24.8. The van der Waals surface area contributed by atoms with Crippen molar-refractivity contribution in [2.24, 2.45) is 11.8 Å². The summed E-state index contributed by atoms with van der Waals surface area (Å²) in [6, 6.07) is 10.7. The van der Waals surface area contributed by atoms with E-state index in [4.69, 9.17) is 0 Å². The van der Waals surface area contributed by atoms with E-state index in [0.717, 1.165) is 40.5 Å². The second-order valence-corrected chi connectivity index (χ2v) is 11.3. The summed E-state index contributed by atoms with van der Waals surface area (Å²) in [7, 11) is 2.19. The van der Waals surface area contributed by atoms with Gasteiger partial charge in [-0.15, -0.1) is 11.3 Å². The number of thiazole rings is 1. The fourth-order valence-corrected chi connectivity index (χ4v) is 6.52. The van der Waals surface area contributed by atoms with Gasteiger partial charge in [0.2, 0.25) is 5.91 Å². The van der Waals surface area contributed by atoms with Gasteiger partial charge in [-0.2, -0.15) is 0 Å². The minimum atomic E-state index is -0.0259.